The van der Waals surface area contributed by atoms with Crippen LogP contribution in [-0.4, -0.2) is 65.7 Å². The maximum Gasteiger partial charge on any atom is 0.260 e. The predicted molar refractivity (Wildman–Crippen MR) is 91.2 cm³/mol. The lowest BCUT2D eigenvalue weighted by Gasteiger charge is -2.43. The van der Waals surface area contributed by atoms with Crippen LogP contribution < -0.4 is 10.9 Å². The fraction of sp³-hybridized carbons (Fsp3) is 0.625. The van der Waals surface area contributed by atoms with E-state index in [1.54, 1.807) is 19.1 Å². The number of hydrogen-bond donors (Lipinski definition) is 2. The van der Waals surface area contributed by atoms with Gasteiger partial charge < -0.3 is 15.0 Å². The molecule has 0 unspecified atom stereocenters. The minimum atomic E-state index is -0.330. The zero-order chi connectivity index (χ0) is 16.3. The Morgan fingerprint density at radius 1 is 1.43 bits per heavy atom. The van der Waals surface area contributed by atoms with Crippen LogP contribution in [0.25, 0.3) is 0 Å². The fourth-order valence-corrected chi connectivity index (χ4v) is 4.70. The molecule has 3 rings (SSSR count). The number of nitrogens with one attached hydrogen (secondary N) is 2. The van der Waals surface area contributed by atoms with Gasteiger partial charge in [-0.05, 0) is 31.2 Å². The Balaban J connectivity index is 1.69. The smallest absolute Gasteiger partial charge is 0.260 e. The molecule has 7 heteroatoms. The Labute approximate surface area is 140 Å². The van der Waals surface area contributed by atoms with Gasteiger partial charge in [0.05, 0.1) is 13.2 Å². The van der Waals surface area contributed by atoms with E-state index in [0.29, 0.717) is 6.54 Å². The summed E-state index contributed by atoms with van der Waals surface area (Å²) in [4.78, 5) is 29.4. The first-order chi connectivity index (χ1) is 11.1. The van der Waals surface area contributed by atoms with Gasteiger partial charge in [0, 0.05) is 36.6 Å². The van der Waals surface area contributed by atoms with Crippen LogP contribution in [0.15, 0.2) is 16.9 Å². The van der Waals surface area contributed by atoms with Gasteiger partial charge in [-0.2, -0.15) is 11.8 Å². The van der Waals surface area contributed by atoms with Gasteiger partial charge in [0.2, 0.25) is 0 Å². The summed E-state index contributed by atoms with van der Waals surface area (Å²) in [5, 5.41) is 2.98. The number of amides is 1. The van der Waals surface area contributed by atoms with Gasteiger partial charge in [0.25, 0.3) is 11.5 Å². The van der Waals surface area contributed by atoms with Crippen molar-refractivity contribution in [2.45, 2.75) is 18.9 Å². The van der Waals surface area contributed by atoms with Crippen LogP contribution in [0.2, 0.25) is 0 Å². The average Bonchev–Trinajstić information content (AvgIpc) is 3.04. The van der Waals surface area contributed by atoms with E-state index in [1.165, 1.54) is 0 Å². The zero-order valence-corrected chi connectivity index (χ0v) is 14.2. The molecule has 0 aromatic carbocycles. The van der Waals surface area contributed by atoms with Crippen molar-refractivity contribution in [1.29, 1.82) is 0 Å². The van der Waals surface area contributed by atoms with E-state index < -0.39 is 0 Å². The minimum Gasteiger partial charge on any atom is -0.379 e. The van der Waals surface area contributed by atoms with Crippen molar-refractivity contribution in [2.24, 2.45) is 0 Å². The number of carbonyl (C=O) groups is 1. The first-order valence-corrected chi connectivity index (χ1v) is 9.15. The van der Waals surface area contributed by atoms with E-state index in [4.69, 9.17) is 4.74 Å². The Morgan fingerprint density at radius 2 is 2.22 bits per heavy atom. The molecule has 2 aliphatic rings. The van der Waals surface area contributed by atoms with Gasteiger partial charge in [-0.25, -0.2) is 0 Å². The van der Waals surface area contributed by atoms with Crippen LogP contribution in [0.5, 0.6) is 0 Å². The molecule has 1 aromatic rings. The number of H-pyrrole nitrogens is 1. The van der Waals surface area contributed by atoms with E-state index in [2.05, 4.69) is 15.2 Å². The van der Waals surface area contributed by atoms with Crippen LogP contribution in [-0.2, 0) is 4.74 Å². The van der Waals surface area contributed by atoms with Crippen LogP contribution in [0.4, 0.5) is 0 Å². The molecule has 1 amide bonds. The highest BCUT2D eigenvalue weighted by Crippen LogP contribution is 2.33. The normalized spacial score (nSPS) is 25.4. The number of hydrogen-bond acceptors (Lipinski definition) is 5. The standard InChI is InChI=1S/C16H23N3O3S/c1-12-2-3-13(15(21)18-12)14(20)17-10-16(4-9-23-11-16)19-5-7-22-8-6-19/h2-3H,4-11H2,1H3,(H,17,20)(H,18,21)/t16-/m0/s1. The largest absolute Gasteiger partial charge is 0.379 e. The Bertz CT molecular complexity index is 619. The number of morpholine rings is 1. The Morgan fingerprint density at radius 3 is 2.87 bits per heavy atom. The number of nitrogens with zero attached hydrogens (tertiary/aromatic N) is 1. The monoisotopic (exact) mass is 337 g/mol. The average molecular weight is 337 g/mol. The van der Waals surface area contributed by atoms with E-state index in [1.807, 2.05) is 11.8 Å². The molecule has 0 bridgehead atoms. The maximum absolute atomic E-state index is 12.4. The lowest BCUT2D eigenvalue weighted by molar-refractivity contribution is -0.0129. The van der Waals surface area contributed by atoms with Gasteiger partial charge in [-0.15, -0.1) is 0 Å². The summed E-state index contributed by atoms with van der Waals surface area (Å²) in [6, 6.07) is 3.34. The van der Waals surface area contributed by atoms with E-state index in [0.717, 1.165) is 49.9 Å². The van der Waals surface area contributed by atoms with E-state index >= 15 is 0 Å². The third-order valence-electron chi connectivity index (χ3n) is 4.64. The third-order valence-corrected chi connectivity index (χ3v) is 5.88. The quantitative estimate of drug-likeness (QED) is 0.843. The zero-order valence-electron chi connectivity index (χ0n) is 13.4. The second-order valence-corrected chi connectivity index (χ2v) is 7.30. The molecule has 6 nitrogen and oxygen atoms in total. The highest BCUT2D eigenvalue weighted by atomic mass is 32.2. The molecule has 0 radical (unpaired) electrons. The highest BCUT2D eigenvalue weighted by Gasteiger charge is 2.40. The third kappa shape index (κ3) is 3.62. The first-order valence-electron chi connectivity index (χ1n) is 7.99. The van der Waals surface area contributed by atoms with Crippen molar-refractivity contribution in [1.82, 2.24) is 15.2 Å². The molecule has 2 fully saturated rings. The summed E-state index contributed by atoms with van der Waals surface area (Å²) in [6.07, 6.45) is 1.06. The van der Waals surface area contributed by atoms with Crippen LogP contribution in [0.1, 0.15) is 22.5 Å². The van der Waals surface area contributed by atoms with Crippen molar-refractivity contribution in [3.8, 4) is 0 Å². The lowest BCUT2D eigenvalue weighted by Crippen LogP contribution is -2.59. The van der Waals surface area contributed by atoms with Gasteiger partial charge in [-0.3, -0.25) is 14.5 Å². The van der Waals surface area contributed by atoms with Crippen LogP contribution in [0, 0.1) is 6.92 Å². The topological polar surface area (TPSA) is 74.4 Å². The van der Waals surface area contributed by atoms with Gasteiger partial charge in [0.1, 0.15) is 5.56 Å². The fourth-order valence-electron chi connectivity index (χ4n) is 3.23. The lowest BCUT2D eigenvalue weighted by atomic mass is 9.95. The Hall–Kier alpha value is -1.31. The molecular formula is C16H23N3O3S. The number of aromatic amines is 1. The number of carbonyl (C=O) groups excluding carboxylic acids is 1. The summed E-state index contributed by atoms with van der Waals surface area (Å²) < 4.78 is 5.44. The van der Waals surface area contributed by atoms with Gasteiger partial charge in [-0.1, -0.05) is 0 Å². The first kappa shape index (κ1) is 16.5. The minimum absolute atomic E-state index is 0.0123. The molecule has 0 spiro atoms. The van der Waals surface area contributed by atoms with Crippen molar-refractivity contribution in [2.75, 3.05) is 44.4 Å². The molecule has 0 saturated carbocycles. The Kier molecular flexibility index (Phi) is 5.08. The molecule has 2 saturated heterocycles. The SMILES string of the molecule is Cc1ccc(C(=O)NC[C@@]2(N3CCOCC3)CCSC2)c(=O)[nH]1. The summed E-state index contributed by atoms with van der Waals surface area (Å²) in [6.45, 7) is 5.68. The number of ether oxygens (including phenoxy) is 1. The van der Waals surface area contributed by atoms with Gasteiger partial charge >= 0.3 is 0 Å². The summed E-state index contributed by atoms with van der Waals surface area (Å²) >= 11 is 1.93. The summed E-state index contributed by atoms with van der Waals surface area (Å²) in [5.74, 6) is 1.83. The van der Waals surface area contributed by atoms with Crippen molar-refractivity contribution in [3.05, 3.63) is 33.7 Å². The van der Waals surface area contributed by atoms with E-state index in [-0.39, 0.29) is 22.6 Å². The molecule has 1 atom stereocenters. The van der Waals surface area contributed by atoms with Crippen molar-refractivity contribution in [3.63, 3.8) is 0 Å². The molecule has 1 aromatic heterocycles. The maximum atomic E-state index is 12.4. The molecular weight excluding hydrogens is 314 g/mol. The summed E-state index contributed by atoms with van der Waals surface area (Å²) in [5.41, 5.74) is 0.590. The molecule has 2 aliphatic heterocycles. The number of aromatic nitrogens is 1. The number of thioether (sulfide) groups is 1. The number of rotatable bonds is 4. The number of aryl methyl sites for hydroxylation is 1. The van der Waals surface area contributed by atoms with Gasteiger partial charge in [0.15, 0.2) is 0 Å². The summed E-state index contributed by atoms with van der Waals surface area (Å²) in [7, 11) is 0. The second-order valence-electron chi connectivity index (χ2n) is 6.19. The number of pyridine rings is 1. The molecule has 23 heavy (non-hydrogen) atoms. The van der Waals surface area contributed by atoms with Crippen LogP contribution in [0.3, 0.4) is 0 Å². The molecule has 126 valence electrons. The molecule has 3 heterocycles. The predicted octanol–water partition coefficient (Wildman–Crippen LogP) is 0.621. The highest BCUT2D eigenvalue weighted by molar-refractivity contribution is 7.99. The van der Waals surface area contributed by atoms with E-state index in [9.17, 15) is 9.59 Å². The molecule has 2 N–H and O–H groups in total. The molecule has 0 aliphatic carbocycles. The van der Waals surface area contributed by atoms with Crippen molar-refractivity contribution >= 4 is 17.7 Å². The second kappa shape index (κ2) is 7.07. The van der Waals surface area contributed by atoms with Crippen LogP contribution >= 0.6 is 11.8 Å². The van der Waals surface area contributed by atoms with Crippen molar-refractivity contribution < 1.29 is 9.53 Å².